The molecule has 1 aliphatic heterocycles. The van der Waals surface area contributed by atoms with Gasteiger partial charge in [-0.2, -0.15) is 13.2 Å². The SMILES string of the molecule is CC(C)(C)OC(=O)C1CN(Cc2ccc3c(c2)CCc2c-3noc2-c2noc(-c3ccccc3)c2C(F)(F)F)C1. The van der Waals surface area contributed by atoms with Crippen LogP contribution in [0.4, 0.5) is 13.2 Å². The molecule has 0 radical (unpaired) electrons. The van der Waals surface area contributed by atoms with Crippen LogP contribution in [-0.2, 0) is 35.1 Å². The van der Waals surface area contributed by atoms with Crippen molar-refractivity contribution in [3.63, 3.8) is 0 Å². The Kier molecular flexibility index (Phi) is 6.33. The van der Waals surface area contributed by atoms with Crippen LogP contribution in [-0.4, -0.2) is 39.9 Å². The molecule has 2 aromatic heterocycles. The van der Waals surface area contributed by atoms with E-state index in [0.717, 1.165) is 16.7 Å². The summed E-state index contributed by atoms with van der Waals surface area (Å²) in [5, 5.41) is 7.97. The number of aromatic nitrogens is 2. The summed E-state index contributed by atoms with van der Waals surface area (Å²) in [5.41, 5.74) is 2.50. The largest absolute Gasteiger partial charge is 0.460 e. The number of carbonyl (C=O) groups is 1. The van der Waals surface area contributed by atoms with Gasteiger partial charge in [-0.3, -0.25) is 9.69 Å². The van der Waals surface area contributed by atoms with Crippen molar-refractivity contribution in [1.29, 1.82) is 0 Å². The minimum Gasteiger partial charge on any atom is -0.460 e. The van der Waals surface area contributed by atoms with Crippen molar-refractivity contribution in [3.8, 4) is 34.0 Å². The van der Waals surface area contributed by atoms with Crippen LogP contribution in [0.5, 0.6) is 0 Å². The first-order valence-electron chi connectivity index (χ1n) is 13.2. The van der Waals surface area contributed by atoms with Gasteiger partial charge in [0.1, 0.15) is 16.9 Å². The lowest BCUT2D eigenvalue weighted by atomic mass is 9.87. The number of aryl methyl sites for hydroxylation is 1. The molecule has 208 valence electrons. The molecule has 6 rings (SSSR count). The summed E-state index contributed by atoms with van der Waals surface area (Å²) in [6.45, 7) is 7.57. The number of halogens is 3. The molecule has 2 aromatic carbocycles. The van der Waals surface area contributed by atoms with E-state index in [1.807, 2.05) is 32.9 Å². The zero-order valence-electron chi connectivity index (χ0n) is 22.3. The van der Waals surface area contributed by atoms with Crippen LogP contribution < -0.4 is 0 Å². The first-order valence-corrected chi connectivity index (χ1v) is 13.2. The molecule has 1 aliphatic carbocycles. The first-order chi connectivity index (χ1) is 19.0. The van der Waals surface area contributed by atoms with Crippen LogP contribution >= 0.6 is 0 Å². The van der Waals surface area contributed by atoms with Gasteiger partial charge < -0.3 is 13.8 Å². The van der Waals surface area contributed by atoms with Crippen LogP contribution in [0.3, 0.4) is 0 Å². The van der Waals surface area contributed by atoms with Crippen molar-refractivity contribution in [2.75, 3.05) is 13.1 Å². The van der Waals surface area contributed by atoms with Gasteiger partial charge >= 0.3 is 12.1 Å². The van der Waals surface area contributed by atoms with Gasteiger partial charge in [0.25, 0.3) is 0 Å². The second-order valence-corrected chi connectivity index (χ2v) is 11.4. The summed E-state index contributed by atoms with van der Waals surface area (Å²) in [6.07, 6.45) is -3.63. The zero-order chi connectivity index (χ0) is 28.2. The molecule has 0 saturated carbocycles. The number of fused-ring (bicyclic) bond motifs is 3. The number of carbonyl (C=O) groups excluding carboxylic acids is 1. The van der Waals surface area contributed by atoms with Crippen LogP contribution in [0.2, 0.25) is 0 Å². The molecule has 0 unspecified atom stereocenters. The van der Waals surface area contributed by atoms with Gasteiger partial charge in [-0.25, -0.2) is 0 Å². The van der Waals surface area contributed by atoms with Crippen molar-refractivity contribution in [2.45, 2.75) is 51.9 Å². The number of benzene rings is 2. The molecule has 40 heavy (non-hydrogen) atoms. The van der Waals surface area contributed by atoms with Crippen LogP contribution in [0, 0.1) is 5.92 Å². The number of alkyl halides is 3. The number of rotatable bonds is 5. The van der Waals surface area contributed by atoms with E-state index in [-0.39, 0.29) is 29.0 Å². The Morgan fingerprint density at radius 3 is 2.38 bits per heavy atom. The fourth-order valence-corrected chi connectivity index (χ4v) is 5.37. The van der Waals surface area contributed by atoms with E-state index in [1.54, 1.807) is 30.3 Å². The molecular formula is C30H28F3N3O4. The third-order valence-electron chi connectivity index (χ3n) is 7.19. The van der Waals surface area contributed by atoms with Gasteiger partial charge in [0.15, 0.2) is 17.2 Å². The Balaban J connectivity index is 1.23. The molecule has 1 fully saturated rings. The fourth-order valence-electron chi connectivity index (χ4n) is 5.37. The standard InChI is InChI=1S/C30H28F3N3O4/c1-29(2,3)38-28(37)20-15-36(16-20)14-17-9-11-21-19(13-17)10-12-22-24(21)34-40-27(22)25-23(30(31,32)33)26(39-35-25)18-7-5-4-6-8-18/h4-9,11,13,20H,10,12,14-16H2,1-3H3. The maximum Gasteiger partial charge on any atom is 0.422 e. The number of nitrogens with zero attached hydrogens (tertiary/aromatic N) is 3. The first kappa shape index (κ1) is 26.3. The lowest BCUT2D eigenvalue weighted by Crippen LogP contribution is -2.51. The van der Waals surface area contributed by atoms with E-state index in [2.05, 4.69) is 21.3 Å². The summed E-state index contributed by atoms with van der Waals surface area (Å²) in [6, 6.07) is 14.1. The summed E-state index contributed by atoms with van der Waals surface area (Å²) in [7, 11) is 0. The summed E-state index contributed by atoms with van der Waals surface area (Å²) < 4.78 is 58.9. The van der Waals surface area contributed by atoms with Gasteiger partial charge in [0.2, 0.25) is 0 Å². The molecule has 0 N–H and O–H groups in total. The number of ether oxygens (including phenoxy) is 1. The second kappa shape index (κ2) is 9.62. The molecule has 2 aliphatic rings. The van der Waals surface area contributed by atoms with Crippen molar-refractivity contribution >= 4 is 5.97 Å². The van der Waals surface area contributed by atoms with Crippen LogP contribution in [0.25, 0.3) is 34.0 Å². The van der Waals surface area contributed by atoms with Crippen LogP contribution in [0.1, 0.15) is 43.0 Å². The minimum absolute atomic E-state index is 0.0169. The molecule has 4 aromatic rings. The highest BCUT2D eigenvalue weighted by Gasteiger charge is 2.43. The lowest BCUT2D eigenvalue weighted by molar-refractivity contribution is -0.166. The molecule has 0 spiro atoms. The number of esters is 1. The number of hydrogen-bond donors (Lipinski definition) is 0. The number of hydrogen-bond acceptors (Lipinski definition) is 7. The Bertz CT molecular complexity index is 1560. The van der Waals surface area contributed by atoms with E-state index >= 15 is 0 Å². The van der Waals surface area contributed by atoms with E-state index < -0.39 is 23.0 Å². The summed E-state index contributed by atoms with van der Waals surface area (Å²) in [5.74, 6) is -0.653. The maximum absolute atomic E-state index is 14.2. The van der Waals surface area contributed by atoms with E-state index in [4.69, 9.17) is 13.8 Å². The molecule has 0 atom stereocenters. The predicted molar refractivity (Wildman–Crippen MR) is 140 cm³/mol. The van der Waals surface area contributed by atoms with Gasteiger partial charge in [0.05, 0.1) is 5.92 Å². The van der Waals surface area contributed by atoms with E-state index in [0.29, 0.717) is 43.7 Å². The van der Waals surface area contributed by atoms with Crippen molar-refractivity contribution < 1.29 is 31.7 Å². The number of likely N-dealkylation sites (tertiary alicyclic amines) is 1. The van der Waals surface area contributed by atoms with Gasteiger partial charge in [-0.15, -0.1) is 0 Å². The van der Waals surface area contributed by atoms with Gasteiger partial charge in [-0.05, 0) is 44.7 Å². The molecular weight excluding hydrogens is 523 g/mol. The molecule has 0 amide bonds. The fraction of sp³-hybridized carbons (Fsp3) is 0.367. The normalized spacial score (nSPS) is 15.8. The van der Waals surface area contributed by atoms with Crippen molar-refractivity contribution in [3.05, 3.63) is 70.8 Å². The van der Waals surface area contributed by atoms with Crippen molar-refractivity contribution in [1.82, 2.24) is 15.2 Å². The Morgan fingerprint density at radius 2 is 1.68 bits per heavy atom. The third kappa shape index (κ3) is 4.92. The van der Waals surface area contributed by atoms with Gasteiger partial charge in [-0.1, -0.05) is 58.8 Å². The molecule has 3 heterocycles. The zero-order valence-corrected chi connectivity index (χ0v) is 22.3. The van der Waals surface area contributed by atoms with Gasteiger partial charge in [0, 0.05) is 36.3 Å². The maximum atomic E-state index is 14.2. The third-order valence-corrected chi connectivity index (χ3v) is 7.19. The highest BCUT2D eigenvalue weighted by Crippen LogP contribution is 2.46. The minimum atomic E-state index is -4.71. The molecule has 0 bridgehead atoms. The average Bonchev–Trinajstić information content (AvgIpc) is 3.49. The molecule has 10 heteroatoms. The highest BCUT2D eigenvalue weighted by molar-refractivity contribution is 5.79. The molecule has 1 saturated heterocycles. The van der Waals surface area contributed by atoms with Crippen molar-refractivity contribution in [2.24, 2.45) is 5.92 Å². The second-order valence-electron chi connectivity index (χ2n) is 11.4. The average molecular weight is 552 g/mol. The monoisotopic (exact) mass is 551 g/mol. The molecule has 7 nitrogen and oxygen atoms in total. The van der Waals surface area contributed by atoms with Crippen LogP contribution in [0.15, 0.2) is 57.6 Å². The Hall–Kier alpha value is -3.92. The smallest absolute Gasteiger partial charge is 0.422 e. The topological polar surface area (TPSA) is 81.6 Å². The lowest BCUT2D eigenvalue weighted by Gasteiger charge is -2.39. The Morgan fingerprint density at radius 1 is 0.975 bits per heavy atom. The Labute approximate surface area is 228 Å². The summed E-state index contributed by atoms with van der Waals surface area (Å²) in [4.78, 5) is 14.5. The van der Waals surface area contributed by atoms with E-state index in [1.165, 1.54) is 0 Å². The quantitative estimate of drug-likeness (QED) is 0.260. The predicted octanol–water partition coefficient (Wildman–Crippen LogP) is 6.55. The highest BCUT2D eigenvalue weighted by atomic mass is 19.4. The van der Waals surface area contributed by atoms with E-state index in [9.17, 15) is 18.0 Å². The summed E-state index contributed by atoms with van der Waals surface area (Å²) >= 11 is 0.